The van der Waals surface area contributed by atoms with Crippen LogP contribution in [0.15, 0.2) is 116 Å². The van der Waals surface area contributed by atoms with Crippen molar-refractivity contribution in [2.24, 2.45) is 0 Å². The molecule has 0 radical (unpaired) electrons. The van der Waals surface area contributed by atoms with Gasteiger partial charge in [-0.3, -0.25) is 14.6 Å². The van der Waals surface area contributed by atoms with Gasteiger partial charge in [0.1, 0.15) is 17.7 Å². The number of benzene rings is 3. The van der Waals surface area contributed by atoms with Gasteiger partial charge in [0.15, 0.2) is 0 Å². The first-order chi connectivity index (χ1) is 25.9. The van der Waals surface area contributed by atoms with Crippen molar-refractivity contribution in [2.75, 3.05) is 13.7 Å². The Morgan fingerprint density at radius 2 is 1.47 bits per heavy atom. The predicted molar refractivity (Wildman–Crippen MR) is 200 cm³/mol. The number of likely N-dealkylation sites (tertiary alicyclic amines) is 1. The molecule has 4 heterocycles. The zero-order chi connectivity index (χ0) is 36.7. The zero-order valence-electron chi connectivity index (χ0n) is 29.5. The van der Waals surface area contributed by atoms with Crippen molar-refractivity contribution in [3.05, 3.63) is 138 Å². The number of carbonyl (C=O) groups excluding carboxylic acids is 3. The van der Waals surface area contributed by atoms with E-state index in [1.165, 1.54) is 7.11 Å². The summed E-state index contributed by atoms with van der Waals surface area (Å²) in [6, 6.07) is 29.4. The highest BCUT2D eigenvalue weighted by atomic mass is 16.5. The Morgan fingerprint density at radius 1 is 0.792 bits per heavy atom. The Balaban J connectivity index is 0.975. The molecule has 3 atom stereocenters. The van der Waals surface area contributed by atoms with E-state index < -0.39 is 24.1 Å². The van der Waals surface area contributed by atoms with E-state index in [0.29, 0.717) is 17.8 Å². The first-order valence-electron chi connectivity index (χ1n) is 17.6. The molecule has 12 heteroatoms. The predicted octanol–water partition coefficient (Wildman–Crippen LogP) is 6.71. The molecule has 0 bridgehead atoms. The molecule has 3 aromatic heterocycles. The molecule has 7 rings (SSSR count). The fourth-order valence-corrected chi connectivity index (χ4v) is 6.61. The number of aromatic nitrogens is 5. The van der Waals surface area contributed by atoms with Gasteiger partial charge in [-0.1, -0.05) is 84.9 Å². The fraction of sp³-hybridized carbons (Fsp3) is 0.220. The topological polar surface area (TPSA) is 158 Å². The van der Waals surface area contributed by atoms with E-state index in [-0.39, 0.29) is 11.9 Å². The summed E-state index contributed by atoms with van der Waals surface area (Å²) in [5, 5.41) is 5.52. The van der Waals surface area contributed by atoms with Crippen molar-refractivity contribution in [3.8, 4) is 33.8 Å². The summed E-state index contributed by atoms with van der Waals surface area (Å²) in [6.07, 6.45) is 6.83. The third-order valence-electron chi connectivity index (χ3n) is 9.46. The molecule has 1 aliphatic rings. The largest absolute Gasteiger partial charge is 0.453 e. The van der Waals surface area contributed by atoms with Crippen LogP contribution >= 0.6 is 0 Å². The van der Waals surface area contributed by atoms with Crippen LogP contribution in [0.4, 0.5) is 4.79 Å². The van der Waals surface area contributed by atoms with Crippen LogP contribution in [0.2, 0.25) is 0 Å². The van der Waals surface area contributed by atoms with E-state index in [4.69, 9.17) is 9.72 Å². The number of nitrogens with one attached hydrogen (secondary N) is 4. The van der Waals surface area contributed by atoms with Crippen molar-refractivity contribution >= 4 is 17.9 Å². The first kappa shape index (κ1) is 34.9. The van der Waals surface area contributed by atoms with E-state index in [9.17, 15) is 14.4 Å². The van der Waals surface area contributed by atoms with Gasteiger partial charge in [0.05, 0.1) is 55.1 Å². The molecule has 3 aromatic carbocycles. The average Bonchev–Trinajstić information content (AvgIpc) is 4.00. The number of aromatic amines is 2. The van der Waals surface area contributed by atoms with Crippen LogP contribution in [0.25, 0.3) is 33.8 Å². The lowest BCUT2D eigenvalue weighted by atomic mass is 10.1. The van der Waals surface area contributed by atoms with Crippen LogP contribution in [0.1, 0.15) is 60.7 Å². The van der Waals surface area contributed by atoms with Crippen LogP contribution in [-0.4, -0.2) is 61.4 Å². The first-order valence-corrected chi connectivity index (χ1v) is 17.6. The minimum atomic E-state index is -0.937. The molecule has 3 amide bonds. The molecule has 1 aliphatic heterocycles. The number of hydrogen-bond acceptors (Lipinski definition) is 7. The molecule has 268 valence electrons. The summed E-state index contributed by atoms with van der Waals surface area (Å²) in [4.78, 5) is 60.9. The van der Waals surface area contributed by atoms with E-state index in [1.54, 1.807) is 36.7 Å². The van der Waals surface area contributed by atoms with Gasteiger partial charge in [-0.25, -0.2) is 14.8 Å². The third-order valence-corrected chi connectivity index (χ3v) is 9.46. The van der Waals surface area contributed by atoms with Crippen LogP contribution in [-0.2, 0) is 20.7 Å². The average molecular weight is 709 g/mol. The van der Waals surface area contributed by atoms with Gasteiger partial charge in [0.25, 0.3) is 0 Å². The highest BCUT2D eigenvalue weighted by Gasteiger charge is 2.32. The maximum Gasteiger partial charge on any atom is 0.407 e. The molecule has 1 saturated heterocycles. The molecule has 0 unspecified atom stereocenters. The van der Waals surface area contributed by atoms with Crippen LogP contribution in [0.3, 0.4) is 0 Å². The number of methoxy groups -OCH3 is 1. The molecule has 12 nitrogen and oxygen atoms in total. The molecule has 1 fully saturated rings. The van der Waals surface area contributed by atoms with Gasteiger partial charge in [-0.2, -0.15) is 0 Å². The zero-order valence-corrected chi connectivity index (χ0v) is 29.5. The van der Waals surface area contributed by atoms with Crippen molar-refractivity contribution in [1.82, 2.24) is 40.5 Å². The lowest BCUT2D eigenvalue weighted by Crippen LogP contribution is -2.41. The number of imidazole rings is 2. The number of amides is 3. The van der Waals surface area contributed by atoms with Crippen molar-refractivity contribution in [2.45, 2.75) is 44.3 Å². The van der Waals surface area contributed by atoms with Gasteiger partial charge in [-0.05, 0) is 48.6 Å². The maximum absolute atomic E-state index is 13.2. The molecular formula is C41H40N8O4. The maximum atomic E-state index is 13.2. The summed E-state index contributed by atoms with van der Waals surface area (Å²) >= 11 is 0. The minimum absolute atomic E-state index is 0.0581. The van der Waals surface area contributed by atoms with E-state index in [2.05, 4.69) is 30.6 Å². The van der Waals surface area contributed by atoms with Crippen LogP contribution in [0, 0.1) is 0 Å². The quantitative estimate of drug-likeness (QED) is 0.117. The molecule has 0 spiro atoms. The number of carbonyl (C=O) groups is 3. The minimum Gasteiger partial charge on any atom is -0.453 e. The molecule has 6 aromatic rings. The summed E-state index contributed by atoms with van der Waals surface area (Å²) in [5.41, 5.74) is 6.89. The summed E-state index contributed by atoms with van der Waals surface area (Å²) in [7, 11) is 1.25. The van der Waals surface area contributed by atoms with Crippen LogP contribution in [0.5, 0.6) is 0 Å². The SMILES string of the molecule is COC(=O)N[C@@H](C(=O)N[C@@H](C)c1ncc(-c2ccc(-c3ccc(-c4cnc([C@@H]5CCCN5C(=O)Cc5ccccc5)[nH]4)cc3)nc2)[nH]1)c1ccccc1. The van der Waals surface area contributed by atoms with Gasteiger partial charge in [0, 0.05) is 23.9 Å². The Bertz CT molecular complexity index is 2170. The van der Waals surface area contributed by atoms with Crippen molar-refractivity contribution in [3.63, 3.8) is 0 Å². The second kappa shape index (κ2) is 15.8. The van der Waals surface area contributed by atoms with Crippen molar-refractivity contribution in [1.29, 1.82) is 0 Å². The monoisotopic (exact) mass is 708 g/mol. The summed E-state index contributed by atoms with van der Waals surface area (Å²) in [6.45, 7) is 2.55. The normalized spacial score (nSPS) is 15.1. The molecule has 53 heavy (non-hydrogen) atoms. The second-order valence-electron chi connectivity index (χ2n) is 13.0. The third kappa shape index (κ3) is 8.01. The summed E-state index contributed by atoms with van der Waals surface area (Å²) in [5.74, 6) is 1.09. The second-order valence-corrected chi connectivity index (χ2v) is 13.0. The number of pyridine rings is 1. The molecule has 4 N–H and O–H groups in total. The highest BCUT2D eigenvalue weighted by molar-refractivity contribution is 5.87. The fourth-order valence-electron chi connectivity index (χ4n) is 6.61. The number of ether oxygens (including phenoxy) is 1. The van der Waals surface area contributed by atoms with Crippen molar-refractivity contribution < 1.29 is 19.1 Å². The van der Waals surface area contributed by atoms with Gasteiger partial charge >= 0.3 is 6.09 Å². The number of rotatable bonds is 11. The van der Waals surface area contributed by atoms with E-state index in [1.807, 2.05) is 90.8 Å². The highest BCUT2D eigenvalue weighted by Crippen LogP contribution is 2.33. The Hall–Kier alpha value is -6.56. The molecule has 0 saturated carbocycles. The lowest BCUT2D eigenvalue weighted by molar-refractivity contribution is -0.131. The summed E-state index contributed by atoms with van der Waals surface area (Å²) < 4.78 is 4.73. The number of hydrogen-bond donors (Lipinski definition) is 4. The van der Waals surface area contributed by atoms with Gasteiger partial charge < -0.3 is 30.2 Å². The lowest BCUT2D eigenvalue weighted by Gasteiger charge is -2.23. The number of nitrogens with zero attached hydrogens (tertiary/aromatic N) is 4. The van der Waals surface area contributed by atoms with Gasteiger partial charge in [-0.15, -0.1) is 0 Å². The Morgan fingerprint density at radius 3 is 2.19 bits per heavy atom. The Kier molecular flexibility index (Phi) is 10.4. The number of H-pyrrole nitrogens is 2. The number of alkyl carbamates (subject to hydrolysis) is 1. The van der Waals surface area contributed by atoms with Gasteiger partial charge in [0.2, 0.25) is 11.8 Å². The molecular weight excluding hydrogens is 669 g/mol. The Labute approximate surface area is 307 Å². The smallest absolute Gasteiger partial charge is 0.407 e. The standard InChI is InChI=1S/C41H40N8O4/c1-26(45-40(51)37(48-41(52)53-2)30-12-7-4-8-13-30)38-43-25-34(46-38)31-19-20-32(42-23-31)28-15-17-29(18-16-28)33-24-44-39(47-33)35-14-9-21-49(35)36(50)22-27-10-5-3-6-11-27/h3-8,10-13,15-20,23-26,35,37H,9,14,21-22H2,1-2H3,(H,43,46)(H,44,47)(H,45,51)(H,48,52)/t26-,35-,37+/m0/s1. The van der Waals surface area contributed by atoms with E-state index in [0.717, 1.165) is 64.5 Å². The van der Waals surface area contributed by atoms with E-state index >= 15 is 0 Å². The van der Waals surface area contributed by atoms with Crippen LogP contribution < -0.4 is 10.6 Å². The molecule has 0 aliphatic carbocycles.